The lowest BCUT2D eigenvalue weighted by atomic mass is 9.83. The molecule has 0 fully saturated rings. The average Bonchev–Trinajstić information content (AvgIpc) is 2.30. The third kappa shape index (κ3) is 3.77. The summed E-state index contributed by atoms with van der Waals surface area (Å²) in [7, 11) is 0. The van der Waals surface area contributed by atoms with Crippen LogP contribution in [0.2, 0.25) is 0 Å². The van der Waals surface area contributed by atoms with E-state index in [9.17, 15) is 9.59 Å². The van der Waals surface area contributed by atoms with Gasteiger partial charge in [0.15, 0.2) is 5.78 Å². The molecule has 0 amide bonds. The highest BCUT2D eigenvalue weighted by Gasteiger charge is 2.28. The lowest BCUT2D eigenvalue weighted by Gasteiger charge is -2.19. The van der Waals surface area contributed by atoms with E-state index < -0.39 is 0 Å². The minimum Gasteiger partial charge on any atom is -0.300 e. The van der Waals surface area contributed by atoms with Crippen LogP contribution in [-0.2, 0) is 4.79 Å². The van der Waals surface area contributed by atoms with Crippen molar-refractivity contribution in [2.24, 2.45) is 11.8 Å². The van der Waals surface area contributed by atoms with Gasteiger partial charge in [-0.25, -0.2) is 0 Å². The maximum atomic E-state index is 12.4. The largest absolute Gasteiger partial charge is 0.300 e. The lowest BCUT2D eigenvalue weighted by Crippen LogP contribution is -2.26. The molecule has 0 saturated heterocycles. The Morgan fingerprint density at radius 3 is 2.28 bits per heavy atom. The lowest BCUT2D eigenvalue weighted by molar-refractivity contribution is -0.121. The highest BCUT2D eigenvalue weighted by molar-refractivity contribution is 9.10. The molecule has 2 nitrogen and oxygen atoms in total. The van der Waals surface area contributed by atoms with E-state index in [1.165, 1.54) is 0 Å². The molecule has 1 aromatic carbocycles. The summed E-state index contributed by atoms with van der Waals surface area (Å²) in [5.41, 5.74) is 0.660. The van der Waals surface area contributed by atoms with Crippen LogP contribution in [0.15, 0.2) is 28.7 Å². The SMILES string of the molecule is C.CCC(C(=O)c1ccccc1Br)C(C)C(C)=O. The van der Waals surface area contributed by atoms with Crippen molar-refractivity contribution < 1.29 is 9.59 Å². The molecule has 0 aliphatic heterocycles. The van der Waals surface area contributed by atoms with Crippen LogP contribution in [0.1, 0.15) is 45.0 Å². The van der Waals surface area contributed by atoms with Gasteiger partial charge < -0.3 is 0 Å². The molecule has 2 unspecified atom stereocenters. The Bertz CT molecular complexity index is 426. The highest BCUT2D eigenvalue weighted by atomic mass is 79.9. The first-order chi connectivity index (χ1) is 7.99. The summed E-state index contributed by atoms with van der Waals surface area (Å²) in [6, 6.07) is 7.35. The molecule has 100 valence electrons. The molecule has 0 aliphatic rings. The van der Waals surface area contributed by atoms with Crippen LogP contribution < -0.4 is 0 Å². The summed E-state index contributed by atoms with van der Waals surface area (Å²) in [6.07, 6.45) is 0.681. The normalized spacial score (nSPS) is 13.3. The van der Waals surface area contributed by atoms with E-state index in [2.05, 4.69) is 15.9 Å². The van der Waals surface area contributed by atoms with E-state index in [1.807, 2.05) is 32.0 Å². The van der Waals surface area contributed by atoms with Crippen molar-refractivity contribution in [2.75, 3.05) is 0 Å². The van der Waals surface area contributed by atoms with Gasteiger partial charge >= 0.3 is 0 Å². The van der Waals surface area contributed by atoms with E-state index in [-0.39, 0.29) is 30.8 Å². The van der Waals surface area contributed by atoms with Crippen LogP contribution >= 0.6 is 15.9 Å². The van der Waals surface area contributed by atoms with Crippen LogP contribution in [0.3, 0.4) is 0 Å². The molecular weight excluding hydrogens is 292 g/mol. The third-order valence-electron chi connectivity index (χ3n) is 3.16. The van der Waals surface area contributed by atoms with Crippen molar-refractivity contribution in [3.63, 3.8) is 0 Å². The minimum atomic E-state index is -0.230. The van der Waals surface area contributed by atoms with E-state index in [1.54, 1.807) is 13.0 Å². The number of benzene rings is 1. The number of ketones is 2. The smallest absolute Gasteiger partial charge is 0.167 e. The molecule has 18 heavy (non-hydrogen) atoms. The zero-order valence-electron chi connectivity index (χ0n) is 10.4. The van der Waals surface area contributed by atoms with E-state index in [0.29, 0.717) is 12.0 Å². The average molecular weight is 313 g/mol. The second-order valence-electron chi connectivity index (χ2n) is 4.26. The summed E-state index contributed by atoms with van der Waals surface area (Å²) in [6.45, 7) is 5.31. The molecule has 3 heteroatoms. The summed E-state index contributed by atoms with van der Waals surface area (Å²) < 4.78 is 0.791. The van der Waals surface area contributed by atoms with Crippen molar-refractivity contribution in [1.82, 2.24) is 0 Å². The van der Waals surface area contributed by atoms with Gasteiger partial charge in [0, 0.05) is 21.9 Å². The van der Waals surface area contributed by atoms with Crippen LogP contribution in [0, 0.1) is 11.8 Å². The van der Waals surface area contributed by atoms with Gasteiger partial charge in [-0.15, -0.1) is 0 Å². The van der Waals surface area contributed by atoms with Crippen molar-refractivity contribution in [1.29, 1.82) is 0 Å². The van der Waals surface area contributed by atoms with Gasteiger partial charge in [0.1, 0.15) is 5.78 Å². The van der Waals surface area contributed by atoms with Gasteiger partial charge in [0.2, 0.25) is 0 Å². The van der Waals surface area contributed by atoms with Crippen LogP contribution in [0.25, 0.3) is 0 Å². The number of halogens is 1. The second-order valence-corrected chi connectivity index (χ2v) is 5.11. The van der Waals surface area contributed by atoms with E-state index in [0.717, 1.165) is 4.47 Å². The Morgan fingerprint density at radius 2 is 1.83 bits per heavy atom. The fourth-order valence-electron chi connectivity index (χ4n) is 1.91. The number of hydrogen-bond donors (Lipinski definition) is 0. The van der Waals surface area contributed by atoms with E-state index in [4.69, 9.17) is 0 Å². The van der Waals surface area contributed by atoms with Gasteiger partial charge in [-0.2, -0.15) is 0 Å². The summed E-state index contributed by atoms with van der Waals surface area (Å²) in [5.74, 6) is -0.342. The second kappa shape index (κ2) is 7.47. The Morgan fingerprint density at radius 1 is 1.28 bits per heavy atom. The van der Waals surface area contributed by atoms with Gasteiger partial charge in [-0.1, -0.05) is 55.4 Å². The number of hydrogen-bond acceptors (Lipinski definition) is 2. The van der Waals surface area contributed by atoms with Crippen LogP contribution in [0.5, 0.6) is 0 Å². The first kappa shape index (κ1) is 17.0. The fraction of sp³-hybridized carbons (Fsp3) is 0.467. The molecule has 0 N–H and O–H groups in total. The molecule has 2 atom stereocenters. The Balaban J connectivity index is 0.00000289. The molecular formula is C15H21BrO2. The zero-order chi connectivity index (χ0) is 13.0. The summed E-state index contributed by atoms with van der Waals surface area (Å²) >= 11 is 3.37. The fourth-order valence-corrected chi connectivity index (χ4v) is 2.39. The molecule has 1 aromatic rings. The topological polar surface area (TPSA) is 34.1 Å². The molecule has 0 aromatic heterocycles. The molecule has 0 spiro atoms. The Hall–Kier alpha value is -0.960. The molecule has 0 saturated carbocycles. The van der Waals surface area contributed by atoms with Gasteiger partial charge in [-0.3, -0.25) is 9.59 Å². The predicted octanol–water partition coefficient (Wildman–Crippen LogP) is 4.52. The number of carbonyl (C=O) groups is 2. The van der Waals surface area contributed by atoms with Gasteiger partial charge in [0.25, 0.3) is 0 Å². The quantitative estimate of drug-likeness (QED) is 0.749. The minimum absolute atomic E-state index is 0. The monoisotopic (exact) mass is 312 g/mol. The van der Waals surface area contributed by atoms with Crippen LogP contribution in [-0.4, -0.2) is 11.6 Å². The first-order valence-corrected chi connectivity index (χ1v) is 6.57. The molecule has 0 bridgehead atoms. The number of rotatable bonds is 5. The van der Waals surface area contributed by atoms with Crippen LogP contribution in [0.4, 0.5) is 0 Å². The van der Waals surface area contributed by atoms with Gasteiger partial charge in [-0.05, 0) is 19.4 Å². The summed E-state index contributed by atoms with van der Waals surface area (Å²) in [5, 5.41) is 0. The Labute approximate surface area is 118 Å². The number of carbonyl (C=O) groups excluding carboxylic acids is 2. The molecule has 1 rings (SSSR count). The number of Topliss-reactive ketones (excluding diaryl/α,β-unsaturated/α-hetero) is 2. The molecule has 0 radical (unpaired) electrons. The maximum Gasteiger partial charge on any atom is 0.167 e. The Kier molecular flexibility index (Phi) is 7.07. The summed E-state index contributed by atoms with van der Waals surface area (Å²) in [4.78, 5) is 23.8. The van der Waals surface area contributed by atoms with E-state index >= 15 is 0 Å². The van der Waals surface area contributed by atoms with Crippen molar-refractivity contribution in [3.8, 4) is 0 Å². The standard InChI is InChI=1S/C14H17BrO2.CH4/c1-4-11(9(2)10(3)16)14(17)12-7-5-6-8-13(12)15;/h5-9,11H,4H2,1-3H3;1H4. The highest BCUT2D eigenvalue weighted by Crippen LogP contribution is 2.25. The van der Waals surface area contributed by atoms with Gasteiger partial charge in [0.05, 0.1) is 0 Å². The van der Waals surface area contributed by atoms with Crippen molar-refractivity contribution in [2.45, 2.75) is 34.6 Å². The molecule has 0 aliphatic carbocycles. The van der Waals surface area contributed by atoms with Crippen molar-refractivity contribution >= 4 is 27.5 Å². The predicted molar refractivity (Wildman–Crippen MR) is 78.8 cm³/mol. The zero-order valence-corrected chi connectivity index (χ0v) is 12.0. The third-order valence-corrected chi connectivity index (χ3v) is 3.85. The maximum absolute atomic E-state index is 12.4. The molecule has 0 heterocycles. The van der Waals surface area contributed by atoms with Crippen molar-refractivity contribution in [3.05, 3.63) is 34.3 Å². The first-order valence-electron chi connectivity index (χ1n) is 5.78.